The number of benzene rings is 1. The molecule has 2 radical (unpaired) electrons. The first-order valence-corrected chi connectivity index (χ1v) is 3.67. The standard InChI is InChI=1S/C9H10BF/c1-6(2)7-4-3-5-8(10)9(7)11/h3-6H,1-2H3. The van der Waals surface area contributed by atoms with Crippen LogP contribution in [0.2, 0.25) is 0 Å². The first-order chi connectivity index (χ1) is 5.13. The summed E-state index contributed by atoms with van der Waals surface area (Å²) in [6, 6.07) is 5.10. The van der Waals surface area contributed by atoms with Crippen molar-refractivity contribution in [1.29, 1.82) is 0 Å². The second-order valence-electron chi connectivity index (χ2n) is 2.91. The molecule has 0 heterocycles. The van der Waals surface area contributed by atoms with Crippen molar-refractivity contribution < 1.29 is 4.39 Å². The van der Waals surface area contributed by atoms with E-state index in [9.17, 15) is 4.39 Å². The molecule has 0 bridgehead atoms. The Bertz CT molecular complexity index is 256. The minimum atomic E-state index is -0.275. The Balaban J connectivity index is 3.17. The number of rotatable bonds is 1. The van der Waals surface area contributed by atoms with E-state index >= 15 is 0 Å². The summed E-state index contributed by atoms with van der Waals surface area (Å²) in [4.78, 5) is 0. The number of halogens is 1. The van der Waals surface area contributed by atoms with Gasteiger partial charge in [0.15, 0.2) is 0 Å². The molecule has 1 aromatic rings. The predicted octanol–water partition coefficient (Wildman–Crippen LogP) is 1.74. The van der Waals surface area contributed by atoms with Gasteiger partial charge in [0.05, 0.1) is 0 Å². The van der Waals surface area contributed by atoms with Gasteiger partial charge in [-0.3, -0.25) is 0 Å². The Morgan fingerprint density at radius 3 is 2.45 bits per heavy atom. The van der Waals surface area contributed by atoms with Gasteiger partial charge in [0.25, 0.3) is 0 Å². The minimum Gasteiger partial charge on any atom is -0.207 e. The Morgan fingerprint density at radius 2 is 2.00 bits per heavy atom. The molecule has 0 saturated carbocycles. The van der Waals surface area contributed by atoms with Crippen molar-refractivity contribution >= 4 is 13.3 Å². The molecule has 0 atom stereocenters. The van der Waals surface area contributed by atoms with Gasteiger partial charge in [-0.2, -0.15) is 0 Å². The summed E-state index contributed by atoms with van der Waals surface area (Å²) in [5.74, 6) is -0.0824. The molecule has 1 rings (SSSR count). The van der Waals surface area contributed by atoms with Crippen LogP contribution in [-0.2, 0) is 0 Å². The maximum Gasteiger partial charge on any atom is 0.119 e. The van der Waals surface area contributed by atoms with Gasteiger partial charge in [0, 0.05) is 0 Å². The molecule has 0 saturated heterocycles. The molecule has 0 N–H and O–H groups in total. The first kappa shape index (κ1) is 8.31. The molecule has 11 heavy (non-hydrogen) atoms. The zero-order valence-corrected chi connectivity index (χ0v) is 6.76. The summed E-state index contributed by atoms with van der Waals surface area (Å²) in [5.41, 5.74) is 0.918. The predicted molar refractivity (Wildman–Crippen MR) is 45.9 cm³/mol. The molecule has 0 aliphatic carbocycles. The van der Waals surface area contributed by atoms with E-state index in [2.05, 4.69) is 0 Å². The van der Waals surface area contributed by atoms with Crippen LogP contribution in [0.25, 0.3) is 0 Å². The van der Waals surface area contributed by atoms with Crippen molar-refractivity contribution in [1.82, 2.24) is 0 Å². The fourth-order valence-electron chi connectivity index (χ4n) is 1.01. The van der Waals surface area contributed by atoms with Gasteiger partial charge >= 0.3 is 0 Å². The molecule has 0 aliphatic rings. The molecular weight excluding hydrogens is 138 g/mol. The smallest absolute Gasteiger partial charge is 0.119 e. The summed E-state index contributed by atoms with van der Waals surface area (Å²) in [6.07, 6.45) is 0. The van der Waals surface area contributed by atoms with Gasteiger partial charge in [-0.1, -0.05) is 37.5 Å². The molecule has 0 spiro atoms. The summed E-state index contributed by atoms with van der Waals surface area (Å²) in [5, 5.41) is 0. The van der Waals surface area contributed by atoms with E-state index < -0.39 is 0 Å². The van der Waals surface area contributed by atoms with Crippen molar-refractivity contribution in [2.75, 3.05) is 0 Å². The minimum absolute atomic E-state index is 0.193. The lowest BCUT2D eigenvalue weighted by atomic mass is 9.90. The van der Waals surface area contributed by atoms with Gasteiger partial charge in [-0.05, 0) is 11.5 Å². The van der Waals surface area contributed by atoms with Crippen LogP contribution in [0, 0.1) is 5.82 Å². The van der Waals surface area contributed by atoms with Crippen LogP contribution in [0.3, 0.4) is 0 Å². The highest BCUT2D eigenvalue weighted by molar-refractivity contribution is 6.32. The summed E-state index contributed by atoms with van der Waals surface area (Å²) in [6.45, 7) is 3.88. The molecule has 0 amide bonds. The van der Waals surface area contributed by atoms with Crippen LogP contribution in [0.4, 0.5) is 4.39 Å². The van der Waals surface area contributed by atoms with Crippen molar-refractivity contribution in [2.24, 2.45) is 0 Å². The highest BCUT2D eigenvalue weighted by atomic mass is 19.1. The lowest BCUT2D eigenvalue weighted by Crippen LogP contribution is -2.11. The highest BCUT2D eigenvalue weighted by Gasteiger charge is 2.06. The fourth-order valence-corrected chi connectivity index (χ4v) is 1.01. The van der Waals surface area contributed by atoms with E-state index in [1.54, 1.807) is 18.2 Å². The third-order valence-electron chi connectivity index (χ3n) is 1.68. The second-order valence-corrected chi connectivity index (χ2v) is 2.91. The van der Waals surface area contributed by atoms with Gasteiger partial charge in [-0.15, -0.1) is 0 Å². The molecule has 2 heteroatoms. The Hall–Kier alpha value is -0.785. The molecule has 0 unspecified atom stereocenters. The number of hydrogen-bond donors (Lipinski definition) is 0. The zero-order chi connectivity index (χ0) is 8.43. The van der Waals surface area contributed by atoms with E-state index in [4.69, 9.17) is 7.85 Å². The Kier molecular flexibility index (Phi) is 2.33. The summed E-state index contributed by atoms with van der Waals surface area (Å²) < 4.78 is 13.1. The summed E-state index contributed by atoms with van der Waals surface area (Å²) in [7, 11) is 5.38. The van der Waals surface area contributed by atoms with Gasteiger partial charge < -0.3 is 0 Å². The van der Waals surface area contributed by atoms with Crippen LogP contribution >= 0.6 is 0 Å². The fraction of sp³-hybridized carbons (Fsp3) is 0.333. The van der Waals surface area contributed by atoms with Crippen LogP contribution < -0.4 is 5.46 Å². The van der Waals surface area contributed by atoms with Gasteiger partial charge in [-0.25, -0.2) is 4.39 Å². The SMILES string of the molecule is [B]c1cccc(C(C)C)c1F. The van der Waals surface area contributed by atoms with E-state index in [0.29, 0.717) is 5.56 Å². The normalized spacial score (nSPS) is 10.5. The zero-order valence-electron chi connectivity index (χ0n) is 6.76. The summed E-state index contributed by atoms with van der Waals surface area (Å²) >= 11 is 0. The maximum absolute atomic E-state index is 13.1. The third kappa shape index (κ3) is 1.62. The van der Waals surface area contributed by atoms with Crippen LogP contribution in [0.1, 0.15) is 25.3 Å². The monoisotopic (exact) mass is 148 g/mol. The topological polar surface area (TPSA) is 0 Å². The van der Waals surface area contributed by atoms with Crippen LogP contribution in [-0.4, -0.2) is 7.85 Å². The molecule has 1 aromatic carbocycles. The quantitative estimate of drug-likeness (QED) is 0.532. The average Bonchev–Trinajstić information content (AvgIpc) is 1.94. The lowest BCUT2D eigenvalue weighted by molar-refractivity contribution is 0.606. The second kappa shape index (κ2) is 3.08. The number of hydrogen-bond acceptors (Lipinski definition) is 0. The van der Waals surface area contributed by atoms with Gasteiger partial charge in [0.2, 0.25) is 0 Å². The molecule has 56 valence electrons. The van der Waals surface area contributed by atoms with Crippen molar-refractivity contribution in [2.45, 2.75) is 19.8 Å². The van der Waals surface area contributed by atoms with Crippen molar-refractivity contribution in [3.8, 4) is 0 Å². The van der Waals surface area contributed by atoms with Crippen molar-refractivity contribution in [3.63, 3.8) is 0 Å². The van der Waals surface area contributed by atoms with E-state index in [1.807, 2.05) is 13.8 Å². The largest absolute Gasteiger partial charge is 0.207 e. The third-order valence-corrected chi connectivity index (χ3v) is 1.68. The molecule has 0 aromatic heterocycles. The van der Waals surface area contributed by atoms with Crippen LogP contribution in [0.5, 0.6) is 0 Å². The molecule has 0 fully saturated rings. The molecule has 0 nitrogen and oxygen atoms in total. The van der Waals surface area contributed by atoms with Crippen molar-refractivity contribution in [3.05, 3.63) is 29.6 Å². The average molecular weight is 148 g/mol. The lowest BCUT2D eigenvalue weighted by Gasteiger charge is -2.07. The molecule has 0 aliphatic heterocycles. The maximum atomic E-state index is 13.1. The highest BCUT2D eigenvalue weighted by Crippen LogP contribution is 2.15. The van der Waals surface area contributed by atoms with Crippen LogP contribution in [0.15, 0.2) is 18.2 Å². The van der Waals surface area contributed by atoms with E-state index in [0.717, 1.165) is 0 Å². The van der Waals surface area contributed by atoms with E-state index in [-0.39, 0.29) is 17.2 Å². The van der Waals surface area contributed by atoms with Gasteiger partial charge in [0.1, 0.15) is 13.7 Å². The Labute approximate surface area is 67.8 Å². The van der Waals surface area contributed by atoms with E-state index in [1.165, 1.54) is 0 Å². The molecular formula is C9H10BF. The Morgan fingerprint density at radius 1 is 1.36 bits per heavy atom. The first-order valence-electron chi connectivity index (χ1n) is 3.67.